The molecule has 1 fully saturated rings. The van der Waals surface area contributed by atoms with Gasteiger partial charge in [-0.2, -0.15) is 0 Å². The molecule has 0 spiro atoms. The van der Waals surface area contributed by atoms with Crippen LogP contribution in [0.5, 0.6) is 0 Å². The highest BCUT2D eigenvalue weighted by atomic mass is 32.1. The maximum absolute atomic E-state index is 14.0. The van der Waals surface area contributed by atoms with Crippen LogP contribution in [0.3, 0.4) is 0 Å². The van der Waals surface area contributed by atoms with Crippen LogP contribution in [-0.4, -0.2) is 11.0 Å². The summed E-state index contributed by atoms with van der Waals surface area (Å²) in [5.41, 5.74) is 5.54. The van der Waals surface area contributed by atoms with Crippen LogP contribution in [0, 0.1) is 23.5 Å². The standard InChI is InChI=1S/C15H20F2N2S/c1-8-3-4-13(9(2)5-8)19-14-11(16)6-10(15(18)20)7-12(14)17/h6-9,13,19H,3-5H2,1-2H3,(H2,18,20). The van der Waals surface area contributed by atoms with Gasteiger partial charge in [-0.3, -0.25) is 0 Å². The Morgan fingerprint density at radius 1 is 1.25 bits per heavy atom. The third-order valence-electron chi connectivity index (χ3n) is 4.09. The molecular formula is C15H20F2N2S. The van der Waals surface area contributed by atoms with Gasteiger partial charge in [-0.15, -0.1) is 0 Å². The van der Waals surface area contributed by atoms with Crippen LogP contribution >= 0.6 is 12.2 Å². The number of anilines is 1. The Kier molecular flexibility index (Phi) is 4.58. The van der Waals surface area contributed by atoms with Crippen molar-refractivity contribution in [2.75, 3.05) is 5.32 Å². The van der Waals surface area contributed by atoms with E-state index < -0.39 is 11.6 Å². The van der Waals surface area contributed by atoms with E-state index >= 15 is 0 Å². The van der Waals surface area contributed by atoms with Crippen molar-refractivity contribution >= 4 is 22.9 Å². The van der Waals surface area contributed by atoms with Gasteiger partial charge < -0.3 is 11.1 Å². The van der Waals surface area contributed by atoms with Crippen molar-refractivity contribution in [1.82, 2.24) is 0 Å². The zero-order chi connectivity index (χ0) is 14.9. The van der Waals surface area contributed by atoms with Gasteiger partial charge in [0.1, 0.15) is 22.3 Å². The van der Waals surface area contributed by atoms with Crippen molar-refractivity contribution in [2.45, 2.75) is 39.2 Å². The maximum Gasteiger partial charge on any atom is 0.150 e. The molecule has 0 saturated heterocycles. The number of rotatable bonds is 3. The highest BCUT2D eigenvalue weighted by Crippen LogP contribution is 2.32. The smallest absolute Gasteiger partial charge is 0.150 e. The second-order valence-electron chi connectivity index (χ2n) is 5.83. The summed E-state index contributed by atoms with van der Waals surface area (Å²) in [6, 6.07) is 2.47. The van der Waals surface area contributed by atoms with E-state index in [9.17, 15) is 8.78 Å². The molecule has 3 N–H and O–H groups in total. The molecule has 3 atom stereocenters. The Balaban J connectivity index is 2.19. The van der Waals surface area contributed by atoms with E-state index in [1.165, 1.54) is 12.1 Å². The van der Waals surface area contributed by atoms with Crippen LogP contribution in [-0.2, 0) is 0 Å². The zero-order valence-corrected chi connectivity index (χ0v) is 12.6. The Hall–Kier alpha value is -1.23. The molecule has 2 nitrogen and oxygen atoms in total. The minimum atomic E-state index is -0.640. The van der Waals surface area contributed by atoms with Crippen LogP contribution in [0.2, 0.25) is 0 Å². The number of nitrogens with two attached hydrogens (primary N) is 1. The largest absolute Gasteiger partial charge is 0.389 e. The van der Waals surface area contributed by atoms with Crippen molar-refractivity contribution in [2.24, 2.45) is 17.6 Å². The molecule has 5 heteroatoms. The zero-order valence-electron chi connectivity index (χ0n) is 11.7. The molecule has 110 valence electrons. The molecule has 1 aromatic rings. The normalized spacial score (nSPS) is 26.3. The fraction of sp³-hybridized carbons (Fsp3) is 0.533. The molecule has 0 amide bonds. The average molecular weight is 298 g/mol. The monoisotopic (exact) mass is 298 g/mol. The van der Waals surface area contributed by atoms with Gasteiger partial charge >= 0.3 is 0 Å². The minimum absolute atomic E-state index is 0.00536. The van der Waals surface area contributed by atoms with E-state index in [1.54, 1.807) is 0 Å². The molecule has 0 bridgehead atoms. The highest BCUT2D eigenvalue weighted by Gasteiger charge is 2.26. The summed E-state index contributed by atoms with van der Waals surface area (Å²) in [4.78, 5) is -0.00536. The van der Waals surface area contributed by atoms with E-state index in [2.05, 4.69) is 19.2 Å². The SMILES string of the molecule is CC1CCC(Nc2c(F)cc(C(N)=S)cc2F)C(C)C1. The van der Waals surface area contributed by atoms with Gasteiger partial charge in [0, 0.05) is 11.6 Å². The third kappa shape index (κ3) is 3.26. The first-order valence-electron chi connectivity index (χ1n) is 6.94. The molecule has 1 aliphatic carbocycles. The lowest BCUT2D eigenvalue weighted by Crippen LogP contribution is -2.33. The number of hydrogen-bond donors (Lipinski definition) is 2. The molecule has 0 aliphatic heterocycles. The van der Waals surface area contributed by atoms with E-state index in [0.29, 0.717) is 11.8 Å². The summed E-state index contributed by atoms with van der Waals surface area (Å²) >= 11 is 4.74. The topological polar surface area (TPSA) is 38.0 Å². The van der Waals surface area contributed by atoms with Gasteiger partial charge in [-0.1, -0.05) is 26.1 Å². The summed E-state index contributed by atoms with van der Waals surface area (Å²) in [6.07, 6.45) is 3.08. The predicted octanol–water partition coefficient (Wildman–Crippen LogP) is 3.84. The maximum atomic E-state index is 14.0. The summed E-state index contributed by atoms with van der Waals surface area (Å²) in [6.45, 7) is 4.33. The fourth-order valence-corrected chi connectivity index (χ4v) is 3.04. The van der Waals surface area contributed by atoms with E-state index in [1.807, 2.05) is 0 Å². The number of hydrogen-bond acceptors (Lipinski definition) is 2. The molecule has 1 saturated carbocycles. The number of halogens is 2. The minimum Gasteiger partial charge on any atom is -0.389 e. The summed E-state index contributed by atoms with van der Waals surface area (Å²) < 4.78 is 28.0. The van der Waals surface area contributed by atoms with Crippen molar-refractivity contribution in [3.8, 4) is 0 Å². The summed E-state index contributed by atoms with van der Waals surface area (Å²) in [5, 5.41) is 3.02. The first-order valence-corrected chi connectivity index (χ1v) is 7.34. The van der Waals surface area contributed by atoms with Crippen LogP contribution in [0.1, 0.15) is 38.7 Å². The molecule has 0 aromatic heterocycles. The van der Waals surface area contributed by atoms with Crippen molar-refractivity contribution in [3.05, 3.63) is 29.3 Å². The molecule has 0 heterocycles. The molecule has 20 heavy (non-hydrogen) atoms. The second-order valence-corrected chi connectivity index (χ2v) is 6.27. The Labute approximate surface area is 123 Å². The first-order chi connectivity index (χ1) is 9.38. The van der Waals surface area contributed by atoms with Gasteiger partial charge in [-0.05, 0) is 43.2 Å². The second kappa shape index (κ2) is 6.04. The number of thiocarbonyl (C=S) groups is 1. The van der Waals surface area contributed by atoms with Gasteiger partial charge in [0.2, 0.25) is 0 Å². The molecule has 0 radical (unpaired) electrons. The lowest BCUT2D eigenvalue weighted by Gasteiger charge is -2.34. The molecule has 2 rings (SSSR count). The van der Waals surface area contributed by atoms with E-state index in [-0.39, 0.29) is 22.3 Å². The Bertz CT molecular complexity index is 496. The summed E-state index contributed by atoms with van der Waals surface area (Å²) in [5.74, 6) is -0.209. The van der Waals surface area contributed by atoms with Gasteiger partial charge in [0.15, 0.2) is 0 Å². The van der Waals surface area contributed by atoms with Crippen molar-refractivity contribution in [3.63, 3.8) is 0 Å². The van der Waals surface area contributed by atoms with Gasteiger partial charge in [0.05, 0.1) is 0 Å². The van der Waals surface area contributed by atoms with Gasteiger partial charge in [0.25, 0.3) is 0 Å². The van der Waals surface area contributed by atoms with Crippen LogP contribution in [0.25, 0.3) is 0 Å². The van der Waals surface area contributed by atoms with Crippen LogP contribution in [0.15, 0.2) is 12.1 Å². The van der Waals surface area contributed by atoms with Crippen molar-refractivity contribution in [1.29, 1.82) is 0 Å². The summed E-state index contributed by atoms with van der Waals surface area (Å²) in [7, 11) is 0. The lowest BCUT2D eigenvalue weighted by molar-refractivity contribution is 0.275. The third-order valence-corrected chi connectivity index (χ3v) is 4.32. The number of nitrogens with one attached hydrogen (secondary N) is 1. The number of benzene rings is 1. The van der Waals surface area contributed by atoms with Gasteiger partial charge in [-0.25, -0.2) is 8.78 Å². The van der Waals surface area contributed by atoms with Crippen LogP contribution in [0.4, 0.5) is 14.5 Å². The Morgan fingerprint density at radius 3 is 2.35 bits per heavy atom. The predicted molar refractivity (Wildman–Crippen MR) is 81.8 cm³/mol. The first kappa shape index (κ1) is 15.2. The average Bonchev–Trinajstić information content (AvgIpc) is 2.35. The Morgan fingerprint density at radius 2 is 1.85 bits per heavy atom. The quantitative estimate of drug-likeness (QED) is 0.833. The van der Waals surface area contributed by atoms with E-state index in [0.717, 1.165) is 19.3 Å². The van der Waals surface area contributed by atoms with Crippen LogP contribution < -0.4 is 11.1 Å². The highest BCUT2D eigenvalue weighted by molar-refractivity contribution is 7.80. The lowest BCUT2D eigenvalue weighted by atomic mass is 9.80. The fourth-order valence-electron chi connectivity index (χ4n) is 2.92. The van der Waals surface area contributed by atoms with E-state index in [4.69, 9.17) is 18.0 Å². The molecule has 3 unspecified atom stereocenters. The molecule has 1 aromatic carbocycles. The van der Waals surface area contributed by atoms with Crippen molar-refractivity contribution < 1.29 is 8.78 Å². The molecular weight excluding hydrogens is 278 g/mol. The molecule has 1 aliphatic rings.